The number of hydrogen-bond acceptors (Lipinski definition) is 3. The molecule has 0 aromatic carbocycles. The Labute approximate surface area is 108 Å². The van der Waals surface area contributed by atoms with E-state index in [1.165, 1.54) is 0 Å². The third-order valence-electron chi connectivity index (χ3n) is 5.24. The standard InChI is InChI=1S/C15H22O3/c1-8-12-10(16)6-15(12,4)9-5-14(2,3)7-11(9)18-13(8)17/h9,11,13,17H,5-7H2,1-4H3. The van der Waals surface area contributed by atoms with Crippen molar-refractivity contribution in [2.75, 3.05) is 0 Å². The van der Waals surface area contributed by atoms with E-state index in [9.17, 15) is 9.90 Å². The summed E-state index contributed by atoms with van der Waals surface area (Å²) in [5.41, 5.74) is 1.76. The number of carbonyl (C=O) groups is 1. The van der Waals surface area contributed by atoms with Crippen molar-refractivity contribution in [1.29, 1.82) is 0 Å². The van der Waals surface area contributed by atoms with Crippen molar-refractivity contribution in [2.24, 2.45) is 16.7 Å². The Morgan fingerprint density at radius 1 is 1.28 bits per heavy atom. The van der Waals surface area contributed by atoms with Gasteiger partial charge in [-0.15, -0.1) is 0 Å². The molecular formula is C15H22O3. The highest BCUT2D eigenvalue weighted by Gasteiger charge is 2.59. The second-order valence-electron chi connectivity index (χ2n) is 7.28. The highest BCUT2D eigenvalue weighted by Crippen LogP contribution is 2.61. The molecule has 0 saturated heterocycles. The fourth-order valence-corrected chi connectivity index (χ4v) is 4.38. The molecule has 3 nitrogen and oxygen atoms in total. The van der Waals surface area contributed by atoms with Crippen LogP contribution in [0, 0.1) is 16.7 Å². The smallest absolute Gasteiger partial charge is 0.177 e. The summed E-state index contributed by atoms with van der Waals surface area (Å²) in [6.45, 7) is 8.50. The lowest BCUT2D eigenvalue weighted by Gasteiger charge is -2.46. The van der Waals surface area contributed by atoms with Crippen LogP contribution in [0.5, 0.6) is 0 Å². The van der Waals surface area contributed by atoms with Gasteiger partial charge < -0.3 is 9.84 Å². The highest BCUT2D eigenvalue weighted by molar-refractivity contribution is 6.05. The van der Waals surface area contributed by atoms with E-state index in [0.717, 1.165) is 24.0 Å². The van der Waals surface area contributed by atoms with Crippen molar-refractivity contribution in [3.8, 4) is 0 Å². The first kappa shape index (κ1) is 12.4. The van der Waals surface area contributed by atoms with E-state index in [1.807, 2.05) is 6.92 Å². The van der Waals surface area contributed by atoms with Crippen molar-refractivity contribution < 1.29 is 14.6 Å². The first-order valence-electron chi connectivity index (χ1n) is 6.83. The third kappa shape index (κ3) is 1.47. The van der Waals surface area contributed by atoms with Gasteiger partial charge in [0.1, 0.15) is 0 Å². The lowest BCUT2D eigenvalue weighted by atomic mass is 9.56. The molecular weight excluding hydrogens is 228 g/mol. The van der Waals surface area contributed by atoms with Gasteiger partial charge in [0, 0.05) is 17.4 Å². The summed E-state index contributed by atoms with van der Waals surface area (Å²) in [5, 5.41) is 10.1. The average Bonchev–Trinajstić information content (AvgIpc) is 2.50. The van der Waals surface area contributed by atoms with Crippen molar-refractivity contribution in [2.45, 2.75) is 59.4 Å². The Morgan fingerprint density at radius 3 is 2.56 bits per heavy atom. The average molecular weight is 250 g/mol. The maximum Gasteiger partial charge on any atom is 0.177 e. The molecule has 100 valence electrons. The normalized spacial score (nSPS) is 46.3. The Kier molecular flexibility index (Phi) is 2.37. The molecule has 2 saturated carbocycles. The fraction of sp³-hybridized carbons (Fsp3) is 0.800. The molecule has 0 radical (unpaired) electrons. The van der Waals surface area contributed by atoms with E-state index in [-0.39, 0.29) is 22.7 Å². The van der Waals surface area contributed by atoms with Crippen LogP contribution in [0.4, 0.5) is 0 Å². The van der Waals surface area contributed by atoms with Gasteiger partial charge in [-0.25, -0.2) is 0 Å². The van der Waals surface area contributed by atoms with Crippen LogP contribution in [-0.4, -0.2) is 23.3 Å². The van der Waals surface area contributed by atoms with Gasteiger partial charge in [0.15, 0.2) is 12.1 Å². The number of allylic oxidation sites excluding steroid dienone is 1. The highest BCUT2D eigenvalue weighted by atomic mass is 16.6. The van der Waals surface area contributed by atoms with Crippen molar-refractivity contribution in [3.63, 3.8) is 0 Å². The summed E-state index contributed by atoms with van der Waals surface area (Å²) in [4.78, 5) is 11.9. The minimum atomic E-state index is -0.896. The van der Waals surface area contributed by atoms with Crippen LogP contribution in [-0.2, 0) is 9.53 Å². The third-order valence-corrected chi connectivity index (χ3v) is 5.24. The van der Waals surface area contributed by atoms with E-state index >= 15 is 0 Å². The van der Waals surface area contributed by atoms with Gasteiger partial charge in [0.25, 0.3) is 0 Å². The van der Waals surface area contributed by atoms with Crippen LogP contribution < -0.4 is 0 Å². The molecule has 0 aromatic rings. The molecule has 0 bridgehead atoms. The molecule has 3 aliphatic rings. The topological polar surface area (TPSA) is 46.5 Å². The van der Waals surface area contributed by atoms with E-state index < -0.39 is 6.29 Å². The van der Waals surface area contributed by atoms with Crippen LogP contribution in [0.1, 0.15) is 47.0 Å². The minimum Gasteiger partial charge on any atom is -0.364 e. The Hall–Kier alpha value is -0.670. The number of hydrogen-bond donors (Lipinski definition) is 1. The van der Waals surface area contributed by atoms with Gasteiger partial charge >= 0.3 is 0 Å². The van der Waals surface area contributed by atoms with Crippen LogP contribution in [0.25, 0.3) is 0 Å². The largest absolute Gasteiger partial charge is 0.364 e. The van der Waals surface area contributed by atoms with Crippen molar-refractivity contribution in [3.05, 3.63) is 11.1 Å². The molecule has 0 aromatic heterocycles. The van der Waals surface area contributed by atoms with Crippen LogP contribution in [0.2, 0.25) is 0 Å². The molecule has 18 heavy (non-hydrogen) atoms. The molecule has 3 heteroatoms. The summed E-state index contributed by atoms with van der Waals surface area (Å²) < 4.78 is 5.82. The minimum absolute atomic E-state index is 0.0723. The number of ether oxygens (including phenoxy) is 1. The van der Waals surface area contributed by atoms with Gasteiger partial charge in [-0.1, -0.05) is 20.8 Å². The Morgan fingerprint density at radius 2 is 1.94 bits per heavy atom. The summed E-state index contributed by atoms with van der Waals surface area (Å²) in [5.74, 6) is 0.565. The summed E-state index contributed by atoms with van der Waals surface area (Å²) in [7, 11) is 0. The molecule has 1 heterocycles. The van der Waals surface area contributed by atoms with E-state index in [1.54, 1.807) is 0 Å². The zero-order valence-corrected chi connectivity index (χ0v) is 11.6. The monoisotopic (exact) mass is 250 g/mol. The zero-order chi connectivity index (χ0) is 13.3. The van der Waals surface area contributed by atoms with E-state index in [2.05, 4.69) is 20.8 Å². The van der Waals surface area contributed by atoms with Gasteiger partial charge in [0.05, 0.1) is 6.10 Å². The second-order valence-corrected chi connectivity index (χ2v) is 7.28. The lowest BCUT2D eigenvalue weighted by molar-refractivity contribution is -0.134. The maximum atomic E-state index is 11.9. The number of aliphatic hydroxyl groups is 1. The SMILES string of the molecule is CC1=C2C(=O)CC2(C)C2CC(C)(C)CC2OC1O. The van der Waals surface area contributed by atoms with Gasteiger partial charge in [-0.05, 0) is 36.7 Å². The molecule has 2 aliphatic carbocycles. The molecule has 0 spiro atoms. The summed E-state index contributed by atoms with van der Waals surface area (Å²) in [6.07, 6.45) is 1.85. The summed E-state index contributed by atoms with van der Waals surface area (Å²) in [6, 6.07) is 0. The first-order valence-corrected chi connectivity index (χ1v) is 6.83. The number of ketones is 1. The predicted molar refractivity (Wildman–Crippen MR) is 67.8 cm³/mol. The van der Waals surface area contributed by atoms with Crippen LogP contribution in [0.3, 0.4) is 0 Å². The number of carbonyl (C=O) groups excluding carboxylic acids is 1. The zero-order valence-electron chi connectivity index (χ0n) is 11.6. The van der Waals surface area contributed by atoms with E-state index in [4.69, 9.17) is 4.74 Å². The van der Waals surface area contributed by atoms with Crippen molar-refractivity contribution in [1.82, 2.24) is 0 Å². The number of rotatable bonds is 0. The Bertz CT molecular complexity index is 449. The molecule has 0 amide bonds. The number of Topliss-reactive ketones (excluding diaryl/α,β-unsaturated/α-hetero) is 1. The predicted octanol–water partition coefficient (Wildman–Crippen LogP) is 2.44. The van der Waals surface area contributed by atoms with Gasteiger partial charge in [-0.3, -0.25) is 4.79 Å². The van der Waals surface area contributed by atoms with Crippen molar-refractivity contribution >= 4 is 5.78 Å². The number of aliphatic hydroxyl groups excluding tert-OH is 1. The molecule has 4 atom stereocenters. The van der Waals surface area contributed by atoms with Gasteiger partial charge in [-0.2, -0.15) is 0 Å². The van der Waals surface area contributed by atoms with Gasteiger partial charge in [0.2, 0.25) is 0 Å². The number of fused-ring (bicyclic) bond motifs is 3. The molecule has 1 N–H and O–H groups in total. The molecule has 1 aliphatic heterocycles. The van der Waals surface area contributed by atoms with Crippen LogP contribution in [0.15, 0.2) is 11.1 Å². The lowest BCUT2D eigenvalue weighted by Crippen LogP contribution is -2.46. The summed E-state index contributed by atoms with van der Waals surface area (Å²) >= 11 is 0. The second kappa shape index (κ2) is 3.45. The fourth-order valence-electron chi connectivity index (χ4n) is 4.38. The maximum absolute atomic E-state index is 11.9. The first-order chi connectivity index (χ1) is 8.24. The van der Waals surface area contributed by atoms with Crippen LogP contribution >= 0.6 is 0 Å². The van der Waals surface area contributed by atoms with E-state index in [0.29, 0.717) is 12.3 Å². The molecule has 4 unspecified atom stereocenters. The quantitative estimate of drug-likeness (QED) is 0.718. The Balaban J connectivity index is 2.05. The molecule has 2 fully saturated rings. The molecule has 3 rings (SSSR count).